The van der Waals surface area contributed by atoms with Crippen molar-refractivity contribution in [3.8, 4) is 6.07 Å². The smallest absolute Gasteiger partial charge is 0.171 e. The van der Waals surface area contributed by atoms with Crippen molar-refractivity contribution in [1.82, 2.24) is 15.0 Å². The first-order valence-electron chi connectivity index (χ1n) is 6.59. The third kappa shape index (κ3) is 2.63. The molecule has 2 heterocycles. The molecule has 0 amide bonds. The van der Waals surface area contributed by atoms with Gasteiger partial charge in [-0.25, -0.2) is 4.98 Å². The summed E-state index contributed by atoms with van der Waals surface area (Å²) in [7, 11) is 0. The summed E-state index contributed by atoms with van der Waals surface area (Å²) in [5.41, 5.74) is 5.41. The number of H-pyrrole nitrogens is 1. The molecule has 0 saturated carbocycles. The van der Waals surface area contributed by atoms with E-state index in [1.807, 2.05) is 32.0 Å². The Morgan fingerprint density at radius 2 is 1.95 bits per heavy atom. The molecule has 0 unspecified atom stereocenters. The Morgan fingerprint density at radius 3 is 2.71 bits per heavy atom. The zero-order valence-electron chi connectivity index (χ0n) is 12.1. The van der Waals surface area contributed by atoms with E-state index in [4.69, 9.17) is 0 Å². The van der Waals surface area contributed by atoms with Crippen LogP contribution in [0.4, 0.5) is 0 Å². The highest BCUT2D eigenvalue weighted by Gasteiger charge is 2.12. The van der Waals surface area contributed by atoms with Gasteiger partial charge in [0.1, 0.15) is 6.07 Å². The van der Waals surface area contributed by atoms with E-state index in [0.29, 0.717) is 5.56 Å². The van der Waals surface area contributed by atoms with Gasteiger partial charge in [0, 0.05) is 10.6 Å². The Hall–Kier alpha value is -2.32. The number of hydrogen-bond donors (Lipinski definition) is 1. The molecule has 0 spiro atoms. The summed E-state index contributed by atoms with van der Waals surface area (Å²) in [6.07, 6.45) is 0. The average Bonchev–Trinajstić information content (AvgIpc) is 2.79. The lowest BCUT2D eigenvalue weighted by Gasteiger charge is -2.05. The van der Waals surface area contributed by atoms with Crippen molar-refractivity contribution in [3.05, 3.63) is 46.8 Å². The van der Waals surface area contributed by atoms with E-state index >= 15 is 0 Å². The number of aryl methyl sites for hydroxylation is 3. The lowest BCUT2D eigenvalue weighted by molar-refractivity contribution is 1.05. The Labute approximate surface area is 127 Å². The lowest BCUT2D eigenvalue weighted by atomic mass is 10.2. The normalized spacial score (nSPS) is 10.8. The number of nitrogens with zero attached hydrogens (tertiary/aromatic N) is 3. The first kappa shape index (κ1) is 13.7. The predicted octanol–water partition coefficient (Wildman–Crippen LogP) is 3.91. The highest BCUT2D eigenvalue weighted by atomic mass is 32.2. The van der Waals surface area contributed by atoms with Gasteiger partial charge in [-0.1, -0.05) is 17.8 Å². The van der Waals surface area contributed by atoms with Gasteiger partial charge in [-0.2, -0.15) is 5.26 Å². The van der Waals surface area contributed by atoms with Crippen molar-refractivity contribution in [2.24, 2.45) is 0 Å². The van der Waals surface area contributed by atoms with Gasteiger partial charge in [0.2, 0.25) is 0 Å². The summed E-state index contributed by atoms with van der Waals surface area (Å²) >= 11 is 1.47. The molecule has 5 heteroatoms. The van der Waals surface area contributed by atoms with Crippen LogP contribution in [0, 0.1) is 32.1 Å². The van der Waals surface area contributed by atoms with E-state index in [9.17, 15) is 5.26 Å². The third-order valence-corrected chi connectivity index (χ3v) is 4.15. The Morgan fingerprint density at radius 1 is 1.14 bits per heavy atom. The molecule has 0 aliphatic rings. The Kier molecular flexibility index (Phi) is 3.40. The largest absolute Gasteiger partial charge is 0.333 e. The molecule has 104 valence electrons. The lowest BCUT2D eigenvalue weighted by Crippen LogP contribution is -1.94. The van der Waals surface area contributed by atoms with Crippen LogP contribution in [0.2, 0.25) is 0 Å². The van der Waals surface area contributed by atoms with Crippen LogP contribution in [-0.4, -0.2) is 15.0 Å². The predicted molar refractivity (Wildman–Crippen MR) is 83.4 cm³/mol. The van der Waals surface area contributed by atoms with Gasteiger partial charge < -0.3 is 4.98 Å². The van der Waals surface area contributed by atoms with E-state index in [0.717, 1.165) is 32.5 Å². The zero-order chi connectivity index (χ0) is 15.0. The molecule has 21 heavy (non-hydrogen) atoms. The molecule has 1 N–H and O–H groups in total. The number of rotatable bonds is 2. The van der Waals surface area contributed by atoms with E-state index in [-0.39, 0.29) is 0 Å². The number of fused-ring (bicyclic) bond motifs is 1. The maximum absolute atomic E-state index is 9.31. The summed E-state index contributed by atoms with van der Waals surface area (Å²) in [5.74, 6) is 0. The van der Waals surface area contributed by atoms with E-state index in [1.54, 1.807) is 0 Å². The first-order chi connectivity index (χ1) is 10.1. The van der Waals surface area contributed by atoms with Gasteiger partial charge >= 0.3 is 0 Å². The molecule has 0 bridgehead atoms. The van der Waals surface area contributed by atoms with Crippen molar-refractivity contribution in [1.29, 1.82) is 5.26 Å². The van der Waals surface area contributed by atoms with Gasteiger partial charge in [-0.05, 0) is 44.5 Å². The average molecular weight is 294 g/mol. The van der Waals surface area contributed by atoms with Crippen LogP contribution in [0.15, 0.2) is 34.3 Å². The Bertz CT molecular complexity index is 874. The standard InChI is InChI=1S/C16H14N4S/c1-9-4-5-13-14(6-9)20-16(19-13)21-15-7-10(2)18-11(3)12(15)8-17/h4-7H,1-3H3,(H,19,20). The molecular formula is C16H14N4S. The summed E-state index contributed by atoms with van der Waals surface area (Å²) < 4.78 is 0. The van der Waals surface area contributed by atoms with Crippen molar-refractivity contribution >= 4 is 22.8 Å². The molecule has 0 aliphatic heterocycles. The van der Waals surface area contributed by atoms with Gasteiger partial charge in [0.05, 0.1) is 22.3 Å². The number of aromatic amines is 1. The fourth-order valence-corrected chi connectivity index (χ4v) is 3.30. The maximum Gasteiger partial charge on any atom is 0.171 e. The summed E-state index contributed by atoms with van der Waals surface area (Å²) in [5, 5.41) is 10.1. The monoisotopic (exact) mass is 294 g/mol. The van der Waals surface area contributed by atoms with Gasteiger partial charge in [-0.3, -0.25) is 4.98 Å². The number of nitrogens with one attached hydrogen (secondary N) is 1. The van der Waals surface area contributed by atoms with E-state index < -0.39 is 0 Å². The molecule has 3 rings (SSSR count). The SMILES string of the molecule is Cc1ccc2nc(Sc3cc(C)nc(C)c3C#N)[nH]c2c1. The molecule has 2 aromatic heterocycles. The molecule has 3 aromatic rings. The molecule has 0 saturated heterocycles. The first-order valence-corrected chi connectivity index (χ1v) is 7.41. The third-order valence-electron chi connectivity index (χ3n) is 3.23. The van der Waals surface area contributed by atoms with Crippen LogP contribution in [0.3, 0.4) is 0 Å². The second-order valence-electron chi connectivity index (χ2n) is 5.00. The molecular weight excluding hydrogens is 280 g/mol. The Balaban J connectivity index is 2.04. The molecule has 0 radical (unpaired) electrons. The van der Waals surface area contributed by atoms with Crippen LogP contribution in [-0.2, 0) is 0 Å². The van der Waals surface area contributed by atoms with Crippen molar-refractivity contribution in [2.75, 3.05) is 0 Å². The highest BCUT2D eigenvalue weighted by Crippen LogP contribution is 2.31. The van der Waals surface area contributed by atoms with Gasteiger partial charge in [-0.15, -0.1) is 0 Å². The molecule has 1 aromatic carbocycles. The van der Waals surface area contributed by atoms with Crippen molar-refractivity contribution < 1.29 is 0 Å². The van der Waals surface area contributed by atoms with Crippen LogP contribution >= 0.6 is 11.8 Å². The van der Waals surface area contributed by atoms with E-state index in [2.05, 4.69) is 34.0 Å². The minimum atomic E-state index is 0.613. The molecule has 4 nitrogen and oxygen atoms in total. The number of benzene rings is 1. The van der Waals surface area contributed by atoms with Crippen LogP contribution < -0.4 is 0 Å². The second kappa shape index (κ2) is 5.23. The minimum Gasteiger partial charge on any atom is -0.333 e. The van der Waals surface area contributed by atoms with Gasteiger partial charge in [0.15, 0.2) is 5.16 Å². The van der Waals surface area contributed by atoms with Gasteiger partial charge in [0.25, 0.3) is 0 Å². The second-order valence-corrected chi connectivity index (χ2v) is 6.03. The summed E-state index contributed by atoms with van der Waals surface area (Å²) in [4.78, 5) is 13.1. The van der Waals surface area contributed by atoms with Crippen LogP contribution in [0.25, 0.3) is 11.0 Å². The molecule has 0 atom stereocenters. The molecule has 0 aliphatic carbocycles. The van der Waals surface area contributed by atoms with E-state index in [1.165, 1.54) is 17.3 Å². The fourth-order valence-electron chi connectivity index (χ4n) is 2.26. The zero-order valence-corrected chi connectivity index (χ0v) is 12.9. The number of hydrogen-bond acceptors (Lipinski definition) is 4. The number of nitriles is 1. The van der Waals surface area contributed by atoms with Crippen LogP contribution in [0.5, 0.6) is 0 Å². The number of imidazole rings is 1. The highest BCUT2D eigenvalue weighted by molar-refractivity contribution is 7.99. The summed E-state index contributed by atoms with van der Waals surface area (Å²) in [6.45, 7) is 5.84. The summed E-state index contributed by atoms with van der Waals surface area (Å²) in [6, 6.07) is 10.3. The quantitative estimate of drug-likeness (QED) is 0.778. The number of pyridine rings is 1. The topological polar surface area (TPSA) is 65.4 Å². The van der Waals surface area contributed by atoms with Crippen molar-refractivity contribution in [2.45, 2.75) is 30.8 Å². The molecule has 0 fully saturated rings. The number of aromatic nitrogens is 3. The van der Waals surface area contributed by atoms with Crippen LogP contribution in [0.1, 0.15) is 22.5 Å². The van der Waals surface area contributed by atoms with Crippen molar-refractivity contribution in [3.63, 3.8) is 0 Å². The fraction of sp³-hybridized carbons (Fsp3) is 0.188. The minimum absolute atomic E-state index is 0.613. The maximum atomic E-state index is 9.31.